The van der Waals surface area contributed by atoms with Crippen LogP contribution in [0.4, 0.5) is 5.69 Å². The van der Waals surface area contributed by atoms with Gasteiger partial charge in [0.1, 0.15) is 5.76 Å². The summed E-state index contributed by atoms with van der Waals surface area (Å²) >= 11 is 7.69. The molecule has 0 atom stereocenters. The van der Waals surface area contributed by atoms with E-state index in [4.69, 9.17) is 16.1 Å². The van der Waals surface area contributed by atoms with Gasteiger partial charge >= 0.3 is 0 Å². The second-order valence-corrected chi connectivity index (χ2v) is 7.14. The molecule has 25 heavy (non-hydrogen) atoms. The van der Waals surface area contributed by atoms with Gasteiger partial charge in [-0.3, -0.25) is 4.79 Å². The van der Waals surface area contributed by atoms with E-state index in [1.54, 1.807) is 24.8 Å². The van der Waals surface area contributed by atoms with Gasteiger partial charge in [-0.15, -0.1) is 0 Å². The molecule has 4 nitrogen and oxygen atoms in total. The summed E-state index contributed by atoms with van der Waals surface area (Å²) in [6, 6.07) is 15.5. The second-order valence-electron chi connectivity index (χ2n) is 5.58. The summed E-state index contributed by atoms with van der Waals surface area (Å²) < 4.78 is 5.11. The monoisotopic (exact) mass is 372 g/mol. The van der Waals surface area contributed by atoms with Gasteiger partial charge in [0.2, 0.25) is 5.91 Å². The summed E-state index contributed by atoms with van der Waals surface area (Å²) in [6.07, 6.45) is 0.211. The van der Waals surface area contributed by atoms with Crippen LogP contribution in [0.25, 0.3) is 0 Å². The number of amides is 1. The zero-order valence-corrected chi connectivity index (χ0v) is 15.4. The minimum absolute atomic E-state index is 0.133. The van der Waals surface area contributed by atoms with Gasteiger partial charge in [-0.2, -0.15) is 0 Å². The number of anilines is 1. The molecule has 0 radical (unpaired) electrons. The Balaban J connectivity index is 1.79. The molecule has 1 aromatic heterocycles. The zero-order valence-electron chi connectivity index (χ0n) is 13.9. The number of aryl methyl sites for hydroxylation is 2. The van der Waals surface area contributed by atoms with Crippen LogP contribution in [0.1, 0.15) is 17.0 Å². The second kappa shape index (κ2) is 7.76. The van der Waals surface area contributed by atoms with Crippen molar-refractivity contribution >= 4 is 35.0 Å². The van der Waals surface area contributed by atoms with Gasteiger partial charge in [0.05, 0.1) is 17.8 Å². The zero-order chi connectivity index (χ0) is 17.8. The smallest absolute Gasteiger partial charge is 0.229 e. The molecule has 2 aromatic carbocycles. The lowest BCUT2D eigenvalue weighted by molar-refractivity contribution is -0.115. The summed E-state index contributed by atoms with van der Waals surface area (Å²) in [5.41, 5.74) is 2.24. The molecule has 0 fully saturated rings. The lowest BCUT2D eigenvalue weighted by Gasteiger charge is -2.11. The maximum atomic E-state index is 12.5. The van der Waals surface area contributed by atoms with Gasteiger partial charge in [0.25, 0.3) is 0 Å². The highest BCUT2D eigenvalue weighted by molar-refractivity contribution is 7.99. The van der Waals surface area contributed by atoms with Crippen LogP contribution in [0.15, 0.2) is 62.8 Å². The number of nitrogens with one attached hydrogen (secondary N) is 1. The molecule has 0 aliphatic rings. The van der Waals surface area contributed by atoms with Gasteiger partial charge < -0.3 is 9.84 Å². The number of halogens is 1. The maximum Gasteiger partial charge on any atom is 0.229 e. The fourth-order valence-corrected chi connectivity index (χ4v) is 3.49. The van der Waals surface area contributed by atoms with E-state index < -0.39 is 0 Å². The topological polar surface area (TPSA) is 55.1 Å². The van der Waals surface area contributed by atoms with Crippen molar-refractivity contribution in [1.29, 1.82) is 0 Å². The lowest BCUT2D eigenvalue weighted by atomic mass is 10.1. The molecule has 6 heteroatoms. The summed E-state index contributed by atoms with van der Waals surface area (Å²) in [4.78, 5) is 14.5. The molecule has 1 amide bonds. The van der Waals surface area contributed by atoms with Gasteiger partial charge in [-0.1, -0.05) is 46.7 Å². The predicted molar refractivity (Wildman–Crippen MR) is 100 cm³/mol. The molecule has 0 spiro atoms. The quantitative estimate of drug-likeness (QED) is 0.662. The van der Waals surface area contributed by atoms with Gasteiger partial charge in [0, 0.05) is 20.4 Å². The first-order valence-corrected chi connectivity index (χ1v) is 8.96. The molecular weight excluding hydrogens is 356 g/mol. The molecule has 0 unspecified atom stereocenters. The van der Waals surface area contributed by atoms with Crippen LogP contribution >= 0.6 is 23.4 Å². The van der Waals surface area contributed by atoms with Crippen molar-refractivity contribution in [2.45, 2.75) is 30.1 Å². The van der Waals surface area contributed by atoms with Crippen LogP contribution in [0, 0.1) is 13.8 Å². The molecule has 1 N–H and O–H groups in total. The van der Waals surface area contributed by atoms with E-state index in [1.165, 1.54) is 0 Å². The Hall–Kier alpha value is -2.24. The molecule has 0 aliphatic carbocycles. The first kappa shape index (κ1) is 17.6. The van der Waals surface area contributed by atoms with Crippen LogP contribution in [0.2, 0.25) is 5.02 Å². The van der Waals surface area contributed by atoms with E-state index in [-0.39, 0.29) is 12.3 Å². The summed E-state index contributed by atoms with van der Waals surface area (Å²) in [5, 5.41) is 7.41. The number of rotatable bonds is 5. The summed E-state index contributed by atoms with van der Waals surface area (Å²) in [6.45, 7) is 3.63. The molecule has 3 aromatic rings. The Bertz CT molecular complexity index is 874. The van der Waals surface area contributed by atoms with Crippen molar-refractivity contribution in [3.8, 4) is 0 Å². The van der Waals surface area contributed by atoms with Gasteiger partial charge in [-0.25, -0.2) is 0 Å². The third-order valence-electron chi connectivity index (χ3n) is 3.71. The largest absolute Gasteiger partial charge is 0.361 e. The molecule has 128 valence electrons. The fraction of sp³-hybridized carbons (Fsp3) is 0.158. The number of carbonyl (C=O) groups is 1. The van der Waals surface area contributed by atoms with E-state index in [2.05, 4.69) is 10.5 Å². The number of hydrogen-bond donors (Lipinski definition) is 1. The number of nitrogens with zero attached hydrogens (tertiary/aromatic N) is 1. The molecule has 3 rings (SSSR count). The minimum atomic E-state index is -0.133. The average Bonchev–Trinajstić information content (AvgIpc) is 2.90. The molecule has 0 bridgehead atoms. The lowest BCUT2D eigenvalue weighted by Crippen LogP contribution is -2.15. The number of benzene rings is 2. The van der Waals surface area contributed by atoms with Crippen LogP contribution in [0.3, 0.4) is 0 Å². The minimum Gasteiger partial charge on any atom is -0.361 e. The first-order valence-electron chi connectivity index (χ1n) is 7.77. The van der Waals surface area contributed by atoms with Crippen molar-refractivity contribution in [3.05, 3.63) is 70.6 Å². The summed E-state index contributed by atoms with van der Waals surface area (Å²) in [7, 11) is 0. The molecular formula is C19H17ClN2O2S. The van der Waals surface area contributed by atoms with Crippen molar-refractivity contribution in [2.24, 2.45) is 0 Å². The SMILES string of the molecule is Cc1noc(C)c1CC(=O)Nc1cc(Cl)ccc1Sc1ccccc1. The van der Waals surface area contributed by atoms with Crippen LogP contribution in [-0.4, -0.2) is 11.1 Å². The third-order valence-corrected chi connectivity index (χ3v) is 5.02. The highest BCUT2D eigenvalue weighted by Crippen LogP contribution is 2.35. The Morgan fingerprint density at radius 2 is 1.96 bits per heavy atom. The average molecular weight is 373 g/mol. The standard InChI is InChI=1S/C19H17ClN2O2S/c1-12-16(13(2)24-22-12)11-19(23)21-17-10-14(20)8-9-18(17)25-15-6-4-3-5-7-15/h3-10H,11H2,1-2H3,(H,21,23). The van der Waals surface area contributed by atoms with E-state index in [1.807, 2.05) is 49.4 Å². The van der Waals surface area contributed by atoms with Gasteiger partial charge in [-0.05, 0) is 44.2 Å². The van der Waals surface area contributed by atoms with Crippen LogP contribution < -0.4 is 5.32 Å². The molecule has 0 aliphatic heterocycles. The predicted octanol–water partition coefficient (Wildman–Crippen LogP) is 5.28. The number of aromatic nitrogens is 1. The fourth-order valence-electron chi connectivity index (χ4n) is 2.41. The number of carbonyl (C=O) groups excluding carboxylic acids is 1. The highest BCUT2D eigenvalue weighted by Gasteiger charge is 2.15. The van der Waals surface area contributed by atoms with Crippen molar-refractivity contribution < 1.29 is 9.32 Å². The van der Waals surface area contributed by atoms with E-state index >= 15 is 0 Å². The first-order chi connectivity index (χ1) is 12.0. The Kier molecular flexibility index (Phi) is 5.46. The van der Waals surface area contributed by atoms with E-state index in [0.29, 0.717) is 16.5 Å². The van der Waals surface area contributed by atoms with Crippen LogP contribution in [0.5, 0.6) is 0 Å². The molecule has 1 heterocycles. The van der Waals surface area contributed by atoms with E-state index in [9.17, 15) is 4.79 Å². The Morgan fingerprint density at radius 3 is 2.64 bits per heavy atom. The summed E-state index contributed by atoms with van der Waals surface area (Å²) in [5.74, 6) is 0.532. The Labute approximate surface area is 155 Å². The van der Waals surface area contributed by atoms with Gasteiger partial charge in [0.15, 0.2) is 0 Å². The highest BCUT2D eigenvalue weighted by atomic mass is 35.5. The number of hydrogen-bond acceptors (Lipinski definition) is 4. The Morgan fingerprint density at radius 1 is 1.20 bits per heavy atom. The van der Waals surface area contributed by atoms with Crippen LogP contribution in [-0.2, 0) is 11.2 Å². The van der Waals surface area contributed by atoms with E-state index in [0.717, 1.165) is 21.0 Å². The van der Waals surface area contributed by atoms with Crippen molar-refractivity contribution in [1.82, 2.24) is 5.16 Å². The maximum absolute atomic E-state index is 12.5. The molecule has 0 saturated carbocycles. The molecule has 0 saturated heterocycles. The van der Waals surface area contributed by atoms with Crippen molar-refractivity contribution in [2.75, 3.05) is 5.32 Å². The third kappa shape index (κ3) is 4.44. The van der Waals surface area contributed by atoms with Crippen molar-refractivity contribution in [3.63, 3.8) is 0 Å². The normalized spacial score (nSPS) is 10.7.